The summed E-state index contributed by atoms with van der Waals surface area (Å²) in [6, 6.07) is 5.61. The van der Waals surface area contributed by atoms with Crippen LogP contribution < -0.4 is 16.6 Å². The molecule has 1 aliphatic rings. The van der Waals surface area contributed by atoms with Gasteiger partial charge in [0.2, 0.25) is 0 Å². The normalized spacial score (nSPS) is 15.9. The molecule has 0 aliphatic carbocycles. The zero-order valence-electron chi connectivity index (χ0n) is 17.1. The molecule has 8 heteroatoms. The van der Waals surface area contributed by atoms with Crippen LogP contribution in [0.4, 0.5) is 10.2 Å². The third-order valence-electron chi connectivity index (χ3n) is 4.96. The summed E-state index contributed by atoms with van der Waals surface area (Å²) < 4.78 is 21.3. The van der Waals surface area contributed by atoms with E-state index in [2.05, 4.69) is 5.32 Å². The number of hydrogen-bond donors (Lipinski definition) is 1. The molecule has 7 nitrogen and oxygen atoms in total. The number of esters is 1. The van der Waals surface area contributed by atoms with Gasteiger partial charge in [-0.15, -0.1) is 0 Å². The van der Waals surface area contributed by atoms with Crippen LogP contribution in [-0.4, -0.2) is 21.7 Å². The van der Waals surface area contributed by atoms with Gasteiger partial charge in [0, 0.05) is 19.8 Å². The smallest absolute Gasteiger partial charge is 0.336 e. The number of anilines is 1. The molecule has 0 spiro atoms. The zero-order valence-corrected chi connectivity index (χ0v) is 17.1. The van der Waals surface area contributed by atoms with E-state index in [1.54, 1.807) is 14.0 Å². The van der Waals surface area contributed by atoms with Crippen LogP contribution in [0.3, 0.4) is 0 Å². The number of nitrogens with one attached hydrogen (secondary N) is 1. The molecule has 2 heterocycles. The molecule has 154 valence electrons. The molecule has 1 N–H and O–H groups in total. The number of hydrogen-bond acceptors (Lipinski definition) is 5. The van der Waals surface area contributed by atoms with Gasteiger partial charge in [0.25, 0.3) is 5.56 Å². The summed E-state index contributed by atoms with van der Waals surface area (Å²) in [7, 11) is 2.93. The molecule has 0 amide bonds. The SMILES string of the molecule is CC1=C(C(=O)OCC(C)C)C(c2ccc(F)cc2)c2c(n(C)c(=O)n(C)c2=O)N1. The lowest BCUT2D eigenvalue weighted by Crippen LogP contribution is -2.43. The van der Waals surface area contributed by atoms with Crippen LogP contribution in [0.25, 0.3) is 0 Å². The number of nitrogens with zero attached hydrogens (tertiary/aromatic N) is 2. The number of ether oxygens (including phenoxy) is 1. The van der Waals surface area contributed by atoms with Crippen LogP contribution in [0.1, 0.15) is 37.8 Å². The van der Waals surface area contributed by atoms with E-state index in [0.717, 1.165) is 4.57 Å². The summed E-state index contributed by atoms with van der Waals surface area (Å²) in [5.41, 5.74) is 0.526. The molecule has 0 saturated carbocycles. The summed E-state index contributed by atoms with van der Waals surface area (Å²) in [5, 5.41) is 3.02. The average molecular weight is 401 g/mol. The molecule has 1 aliphatic heterocycles. The molecule has 0 radical (unpaired) electrons. The van der Waals surface area contributed by atoms with Crippen molar-refractivity contribution in [3.8, 4) is 0 Å². The van der Waals surface area contributed by atoms with E-state index < -0.39 is 29.0 Å². The van der Waals surface area contributed by atoms with Crippen molar-refractivity contribution in [3.05, 3.63) is 73.3 Å². The van der Waals surface area contributed by atoms with Crippen molar-refractivity contribution in [2.24, 2.45) is 20.0 Å². The number of aromatic nitrogens is 2. The maximum Gasteiger partial charge on any atom is 0.336 e. The van der Waals surface area contributed by atoms with E-state index in [-0.39, 0.29) is 23.7 Å². The van der Waals surface area contributed by atoms with Gasteiger partial charge in [0.05, 0.1) is 23.7 Å². The minimum Gasteiger partial charge on any atom is -0.462 e. The Morgan fingerprint density at radius 1 is 1.17 bits per heavy atom. The van der Waals surface area contributed by atoms with Crippen molar-refractivity contribution < 1.29 is 13.9 Å². The first-order chi connectivity index (χ1) is 13.6. The van der Waals surface area contributed by atoms with Gasteiger partial charge in [-0.25, -0.2) is 14.0 Å². The summed E-state index contributed by atoms with van der Waals surface area (Å²) in [6.07, 6.45) is 0. The van der Waals surface area contributed by atoms with Crippen molar-refractivity contribution in [2.45, 2.75) is 26.7 Å². The molecule has 2 aromatic rings. The van der Waals surface area contributed by atoms with Gasteiger partial charge in [-0.3, -0.25) is 13.9 Å². The van der Waals surface area contributed by atoms with Crippen LogP contribution in [0.15, 0.2) is 45.1 Å². The van der Waals surface area contributed by atoms with E-state index >= 15 is 0 Å². The van der Waals surface area contributed by atoms with Crippen molar-refractivity contribution in [1.82, 2.24) is 9.13 Å². The van der Waals surface area contributed by atoms with Crippen LogP contribution >= 0.6 is 0 Å². The molecular weight excluding hydrogens is 377 g/mol. The van der Waals surface area contributed by atoms with Crippen LogP contribution in [0.2, 0.25) is 0 Å². The Labute approximate surface area is 167 Å². The maximum absolute atomic E-state index is 13.5. The second-order valence-corrected chi connectivity index (χ2v) is 7.61. The van der Waals surface area contributed by atoms with Crippen molar-refractivity contribution >= 4 is 11.8 Å². The largest absolute Gasteiger partial charge is 0.462 e. The average Bonchev–Trinajstić information content (AvgIpc) is 2.68. The van der Waals surface area contributed by atoms with E-state index in [1.165, 1.54) is 35.9 Å². The topological polar surface area (TPSA) is 82.3 Å². The molecule has 0 bridgehead atoms. The lowest BCUT2D eigenvalue weighted by atomic mass is 9.82. The Bertz CT molecular complexity index is 1110. The fourth-order valence-corrected chi connectivity index (χ4v) is 3.47. The molecule has 0 fully saturated rings. The van der Waals surface area contributed by atoms with Gasteiger partial charge in [-0.05, 0) is 30.5 Å². The van der Waals surface area contributed by atoms with Crippen molar-refractivity contribution in [2.75, 3.05) is 11.9 Å². The number of halogens is 1. The first-order valence-electron chi connectivity index (χ1n) is 9.33. The van der Waals surface area contributed by atoms with E-state index in [1.807, 2.05) is 13.8 Å². The highest BCUT2D eigenvalue weighted by Gasteiger charge is 2.37. The molecule has 1 atom stereocenters. The van der Waals surface area contributed by atoms with Crippen LogP contribution in [-0.2, 0) is 23.6 Å². The summed E-state index contributed by atoms with van der Waals surface area (Å²) in [6.45, 7) is 5.76. The number of carbonyl (C=O) groups excluding carboxylic acids is 1. The van der Waals surface area contributed by atoms with Crippen LogP contribution in [0, 0.1) is 11.7 Å². The van der Waals surface area contributed by atoms with E-state index in [9.17, 15) is 18.8 Å². The third kappa shape index (κ3) is 3.62. The number of benzene rings is 1. The van der Waals surface area contributed by atoms with E-state index in [0.29, 0.717) is 17.1 Å². The first-order valence-corrected chi connectivity index (χ1v) is 9.33. The molecule has 1 aromatic heterocycles. The third-order valence-corrected chi connectivity index (χ3v) is 4.96. The number of allylic oxidation sites excluding steroid dienone is 1. The number of fused-ring (bicyclic) bond motifs is 1. The van der Waals surface area contributed by atoms with E-state index in [4.69, 9.17) is 4.74 Å². The van der Waals surface area contributed by atoms with Gasteiger partial charge in [0.15, 0.2) is 0 Å². The van der Waals surface area contributed by atoms with Gasteiger partial charge < -0.3 is 10.1 Å². The molecular formula is C21H24FN3O4. The minimum atomic E-state index is -0.794. The van der Waals surface area contributed by atoms with Gasteiger partial charge in [-0.1, -0.05) is 26.0 Å². The Morgan fingerprint density at radius 3 is 2.38 bits per heavy atom. The predicted molar refractivity (Wildman–Crippen MR) is 107 cm³/mol. The highest BCUT2D eigenvalue weighted by Crippen LogP contribution is 2.39. The molecule has 1 aromatic carbocycles. The van der Waals surface area contributed by atoms with Gasteiger partial charge in [-0.2, -0.15) is 0 Å². The second-order valence-electron chi connectivity index (χ2n) is 7.61. The van der Waals surface area contributed by atoms with Gasteiger partial charge in [0.1, 0.15) is 11.6 Å². The molecule has 0 saturated heterocycles. The summed E-state index contributed by atoms with van der Waals surface area (Å²) >= 11 is 0. The quantitative estimate of drug-likeness (QED) is 0.795. The number of carbonyl (C=O) groups is 1. The molecule has 29 heavy (non-hydrogen) atoms. The lowest BCUT2D eigenvalue weighted by molar-refractivity contribution is -0.140. The first kappa shape index (κ1) is 20.6. The highest BCUT2D eigenvalue weighted by molar-refractivity contribution is 5.94. The molecule has 3 rings (SSSR count). The van der Waals surface area contributed by atoms with Crippen molar-refractivity contribution in [1.29, 1.82) is 0 Å². The molecule has 1 unspecified atom stereocenters. The Hall–Kier alpha value is -3.16. The number of rotatable bonds is 4. The summed E-state index contributed by atoms with van der Waals surface area (Å²) in [5.74, 6) is -1.33. The Morgan fingerprint density at radius 2 is 1.79 bits per heavy atom. The Balaban J connectivity index is 2.28. The fourth-order valence-electron chi connectivity index (χ4n) is 3.47. The van der Waals surface area contributed by atoms with Crippen LogP contribution in [0.5, 0.6) is 0 Å². The standard InChI is InChI=1S/C21H24FN3O4/c1-11(2)10-29-20(27)15-12(3)23-18-17(19(26)25(5)21(28)24(18)4)16(15)13-6-8-14(22)9-7-13/h6-9,11,16,23H,10H2,1-5H3. The highest BCUT2D eigenvalue weighted by atomic mass is 19.1. The zero-order chi connectivity index (χ0) is 21.5. The second kappa shape index (κ2) is 7.69. The summed E-state index contributed by atoms with van der Waals surface area (Å²) in [4.78, 5) is 38.4. The predicted octanol–water partition coefficient (Wildman–Crippen LogP) is 2.25. The van der Waals surface area contributed by atoms with Gasteiger partial charge >= 0.3 is 11.7 Å². The maximum atomic E-state index is 13.5. The van der Waals surface area contributed by atoms with Crippen molar-refractivity contribution in [3.63, 3.8) is 0 Å². The lowest BCUT2D eigenvalue weighted by Gasteiger charge is -2.31. The minimum absolute atomic E-state index is 0.140. The monoisotopic (exact) mass is 401 g/mol. The fraction of sp³-hybridized carbons (Fsp3) is 0.381. The Kier molecular flexibility index (Phi) is 5.46.